The number of methoxy groups -OCH3 is 1. The molecule has 0 atom stereocenters. The molecule has 1 N–H and O–H groups in total. The molecule has 0 aliphatic carbocycles. The van der Waals surface area contributed by atoms with Gasteiger partial charge in [0.15, 0.2) is 11.5 Å². The number of nitrogens with zero attached hydrogens (tertiary/aromatic N) is 1. The Bertz CT molecular complexity index is 760. The van der Waals surface area contributed by atoms with Crippen molar-refractivity contribution in [2.75, 3.05) is 13.7 Å². The Morgan fingerprint density at radius 3 is 2.79 bits per heavy atom. The fourth-order valence-electron chi connectivity index (χ4n) is 1.90. The summed E-state index contributed by atoms with van der Waals surface area (Å²) in [6.45, 7) is 3.99. The number of hydrogen-bond donors (Lipinski definition) is 1. The van der Waals surface area contributed by atoms with Crippen molar-refractivity contribution >= 4 is 23.7 Å². The van der Waals surface area contributed by atoms with Crippen LogP contribution in [0.15, 0.2) is 60.2 Å². The van der Waals surface area contributed by atoms with Crippen LogP contribution in [0.1, 0.15) is 15.9 Å². The van der Waals surface area contributed by atoms with E-state index in [0.29, 0.717) is 28.7 Å². The summed E-state index contributed by atoms with van der Waals surface area (Å²) in [5.41, 5.74) is 3.55. The minimum atomic E-state index is -0.380. The van der Waals surface area contributed by atoms with Crippen molar-refractivity contribution in [3.05, 3.63) is 71.3 Å². The largest absolute Gasteiger partial charge is 0.493 e. The van der Waals surface area contributed by atoms with Gasteiger partial charge in [0.25, 0.3) is 5.91 Å². The molecule has 2 aromatic carbocycles. The molecule has 0 heterocycles. The van der Waals surface area contributed by atoms with Gasteiger partial charge in [0.2, 0.25) is 0 Å². The zero-order valence-corrected chi connectivity index (χ0v) is 13.9. The molecular weight excluding hydrogens is 328 g/mol. The predicted octanol–water partition coefficient (Wildman–Crippen LogP) is 3.68. The topological polar surface area (TPSA) is 59.9 Å². The normalized spacial score (nSPS) is 10.4. The number of hydrazone groups is 1. The van der Waals surface area contributed by atoms with E-state index < -0.39 is 0 Å². The summed E-state index contributed by atoms with van der Waals surface area (Å²) in [7, 11) is 1.55. The van der Waals surface area contributed by atoms with Gasteiger partial charge >= 0.3 is 0 Å². The Morgan fingerprint density at radius 2 is 2.08 bits per heavy atom. The molecule has 0 saturated carbocycles. The monoisotopic (exact) mass is 344 g/mol. The van der Waals surface area contributed by atoms with Gasteiger partial charge in [-0.1, -0.05) is 36.4 Å². The van der Waals surface area contributed by atoms with E-state index in [1.54, 1.807) is 55.7 Å². The molecule has 0 fully saturated rings. The van der Waals surface area contributed by atoms with Gasteiger partial charge in [0.1, 0.15) is 6.61 Å². The number of hydrogen-bond acceptors (Lipinski definition) is 4. The molecule has 5 nitrogen and oxygen atoms in total. The van der Waals surface area contributed by atoms with Gasteiger partial charge in [-0.25, -0.2) is 5.43 Å². The molecule has 0 saturated heterocycles. The standard InChI is InChI=1S/C18H17ClN2O3/c1-3-10-24-16-9-8-13(11-17(16)23-2)12-20-21-18(22)14-6-4-5-7-15(14)19/h3-9,11-12H,1,10H2,2H3,(H,21,22)/b20-12-. The van der Waals surface area contributed by atoms with Gasteiger partial charge in [-0.3, -0.25) is 4.79 Å². The fourth-order valence-corrected chi connectivity index (χ4v) is 2.12. The average molecular weight is 345 g/mol. The van der Waals surface area contributed by atoms with E-state index in [1.165, 1.54) is 6.21 Å². The quantitative estimate of drug-likeness (QED) is 0.473. The van der Waals surface area contributed by atoms with Crippen molar-refractivity contribution in [1.82, 2.24) is 5.43 Å². The van der Waals surface area contributed by atoms with E-state index >= 15 is 0 Å². The lowest BCUT2D eigenvalue weighted by Gasteiger charge is -2.09. The van der Waals surface area contributed by atoms with Gasteiger partial charge in [-0.05, 0) is 35.9 Å². The summed E-state index contributed by atoms with van der Waals surface area (Å²) in [4.78, 5) is 12.0. The van der Waals surface area contributed by atoms with E-state index in [1.807, 2.05) is 0 Å². The molecule has 0 aromatic heterocycles. The molecule has 24 heavy (non-hydrogen) atoms. The third kappa shape index (κ3) is 4.60. The molecule has 0 radical (unpaired) electrons. The van der Waals surface area contributed by atoms with Gasteiger partial charge in [-0.2, -0.15) is 5.10 Å². The number of benzene rings is 2. The smallest absolute Gasteiger partial charge is 0.272 e. The van der Waals surface area contributed by atoms with Gasteiger partial charge in [0, 0.05) is 0 Å². The highest BCUT2D eigenvalue weighted by atomic mass is 35.5. The lowest BCUT2D eigenvalue weighted by atomic mass is 10.2. The fraction of sp³-hybridized carbons (Fsp3) is 0.111. The van der Waals surface area contributed by atoms with Crippen molar-refractivity contribution in [3.8, 4) is 11.5 Å². The number of amides is 1. The van der Waals surface area contributed by atoms with Gasteiger partial charge < -0.3 is 9.47 Å². The summed E-state index contributed by atoms with van der Waals surface area (Å²) in [6.07, 6.45) is 3.16. The predicted molar refractivity (Wildman–Crippen MR) is 95.2 cm³/mol. The summed E-state index contributed by atoms with van der Waals surface area (Å²) < 4.78 is 10.7. The van der Waals surface area contributed by atoms with Crippen LogP contribution in [-0.2, 0) is 0 Å². The molecule has 0 bridgehead atoms. The lowest BCUT2D eigenvalue weighted by molar-refractivity contribution is 0.0955. The Labute approximate surface area is 145 Å². The highest BCUT2D eigenvalue weighted by Crippen LogP contribution is 2.27. The highest BCUT2D eigenvalue weighted by Gasteiger charge is 2.08. The molecule has 0 unspecified atom stereocenters. The second-order valence-corrected chi connectivity index (χ2v) is 5.10. The summed E-state index contributed by atoms with van der Waals surface area (Å²) in [5, 5.41) is 4.30. The first-order valence-electron chi connectivity index (χ1n) is 7.15. The van der Waals surface area contributed by atoms with E-state index in [-0.39, 0.29) is 5.91 Å². The van der Waals surface area contributed by atoms with Crippen LogP contribution in [0.2, 0.25) is 5.02 Å². The van der Waals surface area contributed by atoms with Crippen LogP contribution in [0.4, 0.5) is 0 Å². The van der Waals surface area contributed by atoms with E-state index in [0.717, 1.165) is 5.56 Å². The van der Waals surface area contributed by atoms with Crippen molar-refractivity contribution in [2.24, 2.45) is 5.10 Å². The second kappa shape index (κ2) is 8.74. The van der Waals surface area contributed by atoms with Crippen molar-refractivity contribution < 1.29 is 14.3 Å². The summed E-state index contributed by atoms with van der Waals surface area (Å²) in [5.74, 6) is 0.794. The molecule has 2 aromatic rings. The Hall–Kier alpha value is -2.79. The van der Waals surface area contributed by atoms with Crippen molar-refractivity contribution in [3.63, 3.8) is 0 Å². The van der Waals surface area contributed by atoms with Crippen LogP contribution in [0, 0.1) is 0 Å². The van der Waals surface area contributed by atoms with Crippen LogP contribution in [0.3, 0.4) is 0 Å². The molecule has 124 valence electrons. The Balaban J connectivity index is 2.05. The van der Waals surface area contributed by atoms with Crippen LogP contribution < -0.4 is 14.9 Å². The number of ether oxygens (including phenoxy) is 2. The van der Waals surface area contributed by atoms with Crippen LogP contribution >= 0.6 is 11.6 Å². The Kier molecular flexibility index (Phi) is 6.40. The maximum absolute atomic E-state index is 12.0. The third-order valence-electron chi connectivity index (χ3n) is 3.04. The minimum absolute atomic E-state index is 0.363. The Morgan fingerprint density at radius 1 is 1.29 bits per heavy atom. The maximum Gasteiger partial charge on any atom is 0.272 e. The van der Waals surface area contributed by atoms with E-state index in [4.69, 9.17) is 21.1 Å². The van der Waals surface area contributed by atoms with Gasteiger partial charge in [-0.15, -0.1) is 0 Å². The highest BCUT2D eigenvalue weighted by molar-refractivity contribution is 6.33. The third-order valence-corrected chi connectivity index (χ3v) is 3.37. The zero-order valence-electron chi connectivity index (χ0n) is 13.2. The van der Waals surface area contributed by atoms with Crippen molar-refractivity contribution in [1.29, 1.82) is 0 Å². The number of carbonyl (C=O) groups excluding carboxylic acids is 1. The summed E-state index contributed by atoms with van der Waals surface area (Å²) >= 11 is 5.96. The molecular formula is C18H17ClN2O3. The number of halogens is 1. The lowest BCUT2D eigenvalue weighted by Crippen LogP contribution is -2.17. The number of nitrogens with one attached hydrogen (secondary N) is 1. The first-order chi connectivity index (χ1) is 11.7. The first kappa shape index (κ1) is 17.6. The van der Waals surface area contributed by atoms with Crippen molar-refractivity contribution in [2.45, 2.75) is 0 Å². The van der Waals surface area contributed by atoms with Crippen LogP contribution in [0.25, 0.3) is 0 Å². The molecule has 1 amide bonds. The average Bonchev–Trinajstić information content (AvgIpc) is 2.60. The zero-order chi connectivity index (χ0) is 17.4. The number of carbonyl (C=O) groups is 1. The molecule has 0 spiro atoms. The maximum atomic E-state index is 12.0. The first-order valence-corrected chi connectivity index (χ1v) is 7.53. The molecule has 6 heteroatoms. The van der Waals surface area contributed by atoms with E-state index in [9.17, 15) is 4.79 Å². The molecule has 0 aliphatic rings. The van der Waals surface area contributed by atoms with Gasteiger partial charge in [0.05, 0.1) is 23.9 Å². The second-order valence-electron chi connectivity index (χ2n) is 4.69. The van der Waals surface area contributed by atoms with Crippen LogP contribution in [-0.4, -0.2) is 25.8 Å². The molecule has 2 rings (SSSR count). The minimum Gasteiger partial charge on any atom is -0.493 e. The molecule has 0 aliphatic heterocycles. The van der Waals surface area contributed by atoms with Crippen LogP contribution in [0.5, 0.6) is 11.5 Å². The summed E-state index contributed by atoms with van der Waals surface area (Å²) in [6, 6.07) is 12.1. The number of rotatable bonds is 7. The SMILES string of the molecule is C=CCOc1ccc(/C=N\NC(=O)c2ccccc2Cl)cc1OC. The van der Waals surface area contributed by atoms with E-state index in [2.05, 4.69) is 17.1 Å².